The average molecular weight is 328 g/mol. The number of H-pyrrole nitrogens is 1. The van der Waals surface area contributed by atoms with Crippen molar-refractivity contribution in [3.05, 3.63) is 53.9 Å². The molecular formula is C16H20N6O2. The van der Waals surface area contributed by atoms with Crippen LogP contribution in [0, 0.1) is 0 Å². The van der Waals surface area contributed by atoms with E-state index in [9.17, 15) is 0 Å². The molecule has 3 rings (SSSR count). The Morgan fingerprint density at radius 1 is 1.33 bits per heavy atom. The van der Waals surface area contributed by atoms with Gasteiger partial charge in [0, 0.05) is 12.4 Å². The summed E-state index contributed by atoms with van der Waals surface area (Å²) in [6.45, 7) is 3.01. The third-order valence-electron chi connectivity index (χ3n) is 3.54. The zero-order valence-corrected chi connectivity index (χ0v) is 13.6. The van der Waals surface area contributed by atoms with E-state index in [1.54, 1.807) is 18.0 Å². The minimum atomic E-state index is -0.461. The van der Waals surface area contributed by atoms with Crippen LogP contribution in [0.3, 0.4) is 0 Å². The van der Waals surface area contributed by atoms with Crippen molar-refractivity contribution in [2.75, 3.05) is 13.7 Å². The Morgan fingerprint density at radius 3 is 2.92 bits per heavy atom. The van der Waals surface area contributed by atoms with Gasteiger partial charge < -0.3 is 15.2 Å². The first kappa shape index (κ1) is 16.0. The number of nitrogens with two attached hydrogens (primary N) is 1. The highest BCUT2D eigenvalue weighted by atomic mass is 16.5. The zero-order chi connectivity index (χ0) is 16.9. The van der Waals surface area contributed by atoms with Crippen LogP contribution in [0.1, 0.15) is 30.2 Å². The summed E-state index contributed by atoms with van der Waals surface area (Å²) >= 11 is 0. The van der Waals surface area contributed by atoms with E-state index in [1.165, 1.54) is 0 Å². The monoisotopic (exact) mass is 328 g/mol. The minimum Gasteiger partial charge on any atom is -0.493 e. The van der Waals surface area contributed by atoms with Crippen LogP contribution in [0.2, 0.25) is 0 Å². The van der Waals surface area contributed by atoms with E-state index in [1.807, 2.05) is 37.4 Å². The largest absolute Gasteiger partial charge is 0.493 e. The summed E-state index contributed by atoms with van der Waals surface area (Å²) < 4.78 is 12.6. The lowest BCUT2D eigenvalue weighted by molar-refractivity contribution is 0.310. The summed E-state index contributed by atoms with van der Waals surface area (Å²) in [5, 5.41) is 11.3. The SMILES string of the molecule is CCOc1ccc([C@H](N)c2n[nH]c(Cn3cccn3)n2)cc1OC. The number of hydrogen-bond donors (Lipinski definition) is 2. The number of nitrogens with one attached hydrogen (secondary N) is 1. The summed E-state index contributed by atoms with van der Waals surface area (Å²) in [7, 11) is 1.60. The Balaban J connectivity index is 1.78. The number of hydrogen-bond acceptors (Lipinski definition) is 6. The molecule has 0 saturated carbocycles. The highest BCUT2D eigenvalue weighted by Crippen LogP contribution is 2.30. The Hall–Kier alpha value is -2.87. The lowest BCUT2D eigenvalue weighted by Gasteiger charge is -2.13. The number of benzene rings is 1. The number of rotatable bonds is 7. The Kier molecular flexibility index (Phi) is 4.76. The van der Waals surface area contributed by atoms with E-state index >= 15 is 0 Å². The summed E-state index contributed by atoms with van der Waals surface area (Å²) in [5.41, 5.74) is 7.13. The predicted octanol–water partition coefficient (Wildman–Crippen LogP) is 1.50. The van der Waals surface area contributed by atoms with E-state index in [0.717, 1.165) is 5.56 Å². The van der Waals surface area contributed by atoms with Crippen molar-refractivity contribution in [2.24, 2.45) is 5.73 Å². The van der Waals surface area contributed by atoms with Crippen LogP contribution in [0.25, 0.3) is 0 Å². The van der Waals surface area contributed by atoms with Crippen LogP contribution < -0.4 is 15.2 Å². The molecule has 0 spiro atoms. The molecule has 2 aromatic heterocycles. The van der Waals surface area contributed by atoms with Gasteiger partial charge in [-0.05, 0) is 30.7 Å². The summed E-state index contributed by atoms with van der Waals surface area (Å²) in [5.74, 6) is 2.54. The van der Waals surface area contributed by atoms with Gasteiger partial charge in [-0.15, -0.1) is 0 Å². The fourth-order valence-electron chi connectivity index (χ4n) is 2.37. The van der Waals surface area contributed by atoms with Crippen molar-refractivity contribution in [2.45, 2.75) is 19.5 Å². The van der Waals surface area contributed by atoms with E-state index < -0.39 is 6.04 Å². The predicted molar refractivity (Wildman–Crippen MR) is 87.9 cm³/mol. The van der Waals surface area contributed by atoms with Crippen molar-refractivity contribution in [3.63, 3.8) is 0 Å². The summed E-state index contributed by atoms with van der Waals surface area (Å²) in [6.07, 6.45) is 3.58. The lowest BCUT2D eigenvalue weighted by Crippen LogP contribution is -2.14. The van der Waals surface area contributed by atoms with Gasteiger partial charge in [0.15, 0.2) is 17.3 Å². The van der Waals surface area contributed by atoms with Gasteiger partial charge in [-0.25, -0.2) is 4.98 Å². The third kappa shape index (κ3) is 3.38. The second-order valence-electron chi connectivity index (χ2n) is 5.16. The number of aromatic amines is 1. The molecule has 24 heavy (non-hydrogen) atoms. The van der Waals surface area contributed by atoms with Crippen LogP contribution in [-0.4, -0.2) is 38.7 Å². The van der Waals surface area contributed by atoms with E-state index in [4.69, 9.17) is 15.2 Å². The van der Waals surface area contributed by atoms with Gasteiger partial charge in [-0.2, -0.15) is 10.2 Å². The standard InChI is InChI=1S/C16H20N6O2/c1-3-24-12-6-5-11(9-13(12)23-2)15(17)16-19-14(20-21-16)10-22-8-4-7-18-22/h4-9,15H,3,10,17H2,1-2H3,(H,19,20,21)/t15-/m0/s1. The molecule has 1 aromatic carbocycles. The van der Waals surface area contributed by atoms with Gasteiger partial charge in [0.1, 0.15) is 12.4 Å². The van der Waals surface area contributed by atoms with Crippen LogP contribution in [0.15, 0.2) is 36.7 Å². The highest BCUT2D eigenvalue weighted by molar-refractivity contribution is 5.44. The molecule has 1 atom stereocenters. The average Bonchev–Trinajstić information content (AvgIpc) is 3.27. The summed E-state index contributed by atoms with van der Waals surface area (Å²) in [6, 6.07) is 6.97. The van der Waals surface area contributed by atoms with E-state index in [0.29, 0.717) is 36.3 Å². The van der Waals surface area contributed by atoms with Crippen LogP contribution in [-0.2, 0) is 6.54 Å². The molecule has 0 saturated heterocycles. The molecule has 3 N–H and O–H groups in total. The van der Waals surface area contributed by atoms with E-state index in [-0.39, 0.29) is 0 Å². The number of aromatic nitrogens is 5. The molecule has 3 aromatic rings. The van der Waals surface area contributed by atoms with Gasteiger partial charge in [0.2, 0.25) is 0 Å². The zero-order valence-electron chi connectivity index (χ0n) is 13.6. The van der Waals surface area contributed by atoms with Gasteiger partial charge in [-0.3, -0.25) is 9.78 Å². The quantitative estimate of drug-likeness (QED) is 0.681. The Labute approximate surface area is 139 Å². The molecule has 0 bridgehead atoms. The maximum atomic E-state index is 6.29. The number of methoxy groups -OCH3 is 1. The second kappa shape index (κ2) is 7.14. The van der Waals surface area contributed by atoms with Crippen LogP contribution in [0.4, 0.5) is 0 Å². The highest BCUT2D eigenvalue weighted by Gasteiger charge is 2.17. The van der Waals surface area contributed by atoms with Crippen molar-refractivity contribution in [1.82, 2.24) is 25.0 Å². The summed E-state index contributed by atoms with van der Waals surface area (Å²) in [4.78, 5) is 4.45. The van der Waals surface area contributed by atoms with Crippen molar-refractivity contribution in [1.29, 1.82) is 0 Å². The molecule has 0 radical (unpaired) electrons. The van der Waals surface area contributed by atoms with Gasteiger partial charge in [-0.1, -0.05) is 6.07 Å². The lowest BCUT2D eigenvalue weighted by atomic mass is 10.1. The second-order valence-corrected chi connectivity index (χ2v) is 5.16. The van der Waals surface area contributed by atoms with Gasteiger partial charge >= 0.3 is 0 Å². The van der Waals surface area contributed by atoms with Gasteiger partial charge in [0.25, 0.3) is 0 Å². The smallest absolute Gasteiger partial charge is 0.171 e. The Morgan fingerprint density at radius 2 is 2.21 bits per heavy atom. The van der Waals surface area contributed by atoms with Crippen molar-refractivity contribution >= 4 is 0 Å². The number of ether oxygens (including phenoxy) is 2. The molecule has 0 aliphatic heterocycles. The molecular weight excluding hydrogens is 308 g/mol. The fraction of sp³-hybridized carbons (Fsp3) is 0.312. The molecule has 126 valence electrons. The van der Waals surface area contributed by atoms with Crippen LogP contribution in [0.5, 0.6) is 11.5 Å². The molecule has 0 fully saturated rings. The molecule has 0 unspecified atom stereocenters. The first-order valence-corrected chi connectivity index (χ1v) is 7.66. The molecule has 0 aliphatic rings. The Bertz CT molecular complexity index is 784. The normalized spacial score (nSPS) is 12.1. The maximum Gasteiger partial charge on any atom is 0.171 e. The van der Waals surface area contributed by atoms with E-state index in [2.05, 4.69) is 20.3 Å². The maximum absolute atomic E-state index is 6.29. The molecule has 0 amide bonds. The molecule has 0 aliphatic carbocycles. The topological polar surface area (TPSA) is 104 Å². The first-order chi connectivity index (χ1) is 11.7. The van der Waals surface area contributed by atoms with Gasteiger partial charge in [0.05, 0.1) is 19.8 Å². The first-order valence-electron chi connectivity index (χ1n) is 7.66. The third-order valence-corrected chi connectivity index (χ3v) is 3.54. The van der Waals surface area contributed by atoms with Crippen LogP contribution >= 0.6 is 0 Å². The van der Waals surface area contributed by atoms with Crippen molar-refractivity contribution < 1.29 is 9.47 Å². The molecule has 8 heteroatoms. The minimum absolute atomic E-state index is 0.461. The molecule has 8 nitrogen and oxygen atoms in total. The number of nitrogens with zero attached hydrogens (tertiary/aromatic N) is 4. The van der Waals surface area contributed by atoms with Crippen molar-refractivity contribution in [3.8, 4) is 11.5 Å². The molecule has 2 heterocycles. The fourth-order valence-corrected chi connectivity index (χ4v) is 2.37.